The summed E-state index contributed by atoms with van der Waals surface area (Å²) < 4.78 is 121. The number of thioether (sulfide) groups is 1. The number of esters is 6. The number of carbonyl (C=O) groups is 14. The Bertz CT molecular complexity index is 5580. The average molecular weight is 1820 g/mol. The average Bonchev–Trinajstić information content (AvgIpc) is 1.63. The number of halogens is 1. The van der Waals surface area contributed by atoms with Crippen molar-refractivity contribution in [2.75, 3.05) is 26.4 Å². The fraction of sp³-hybridized carbons (Fsp3) is 0.347. The molecule has 4 fully saturated rings. The Morgan fingerprint density at radius 1 is 0.282 bits per heavy atom. The molecule has 0 spiro atoms. The summed E-state index contributed by atoms with van der Waals surface area (Å²) >= 11 is 0.904. The lowest BCUT2D eigenvalue weighted by atomic mass is 9.93. The van der Waals surface area contributed by atoms with Crippen molar-refractivity contribution in [1.82, 2.24) is 19.6 Å². The highest BCUT2D eigenvalue weighted by molar-refractivity contribution is 7.99. The summed E-state index contributed by atoms with van der Waals surface area (Å²) in [6.07, 6.45) is -27.5. The summed E-state index contributed by atoms with van der Waals surface area (Å²) in [5, 5.41) is 0. The smallest absolute Gasteiger partial charge is 0.303 e. The van der Waals surface area contributed by atoms with E-state index in [9.17, 15) is 52.3 Å². The molecule has 8 aromatic rings. The van der Waals surface area contributed by atoms with Crippen LogP contribution in [-0.4, -0.2) is 251 Å². The molecular weight excluding hydrogens is 1730 g/mol. The zero-order valence-electron chi connectivity index (χ0n) is 71.0. The normalized spacial score (nSPS) is 27.3. The number of nitrogens with zero attached hydrogens (tertiary/aromatic N) is 4. The largest absolute Gasteiger partial charge is 0.463 e. The summed E-state index contributed by atoms with van der Waals surface area (Å²) in [6, 6.07) is 46.7. The van der Waals surface area contributed by atoms with Crippen molar-refractivity contribution in [2.24, 2.45) is 0 Å². The number of ether oxygens (including phenoxy) is 16. The third kappa shape index (κ3) is 19.2. The molecule has 20 atom stereocenters. The van der Waals surface area contributed by atoms with Gasteiger partial charge in [0, 0.05) is 46.4 Å². The van der Waals surface area contributed by atoms with E-state index in [4.69, 9.17) is 75.8 Å². The number of imide groups is 4. The monoisotopic (exact) mass is 1810 g/mol. The van der Waals surface area contributed by atoms with Gasteiger partial charge in [0.2, 0.25) is 0 Å². The maximum Gasteiger partial charge on any atom is 0.303 e. The van der Waals surface area contributed by atoms with Crippen LogP contribution in [0.25, 0.3) is 0 Å². The van der Waals surface area contributed by atoms with E-state index in [-0.39, 0.29) is 64.3 Å². The Labute approximate surface area is 751 Å². The van der Waals surface area contributed by atoms with Gasteiger partial charge in [0.25, 0.3) is 47.3 Å². The summed E-state index contributed by atoms with van der Waals surface area (Å²) in [5.41, 5.74) is -0.611. The van der Waals surface area contributed by atoms with Crippen LogP contribution >= 0.6 is 11.8 Å². The van der Waals surface area contributed by atoms with Crippen LogP contribution in [-0.2, 0) is 124 Å². The topological polar surface area (TPSA) is 400 Å². The lowest BCUT2D eigenvalue weighted by molar-refractivity contribution is -0.333. The number of hydrogen-bond acceptors (Lipinski definition) is 31. The summed E-state index contributed by atoms with van der Waals surface area (Å²) in [6.45, 7) is 1.82. The Morgan fingerprint density at radius 2 is 0.527 bits per heavy atom. The van der Waals surface area contributed by atoms with Crippen molar-refractivity contribution in [3.63, 3.8) is 0 Å². The summed E-state index contributed by atoms with van der Waals surface area (Å²) in [4.78, 5) is 207. The highest BCUT2D eigenvalue weighted by Crippen LogP contribution is 2.46. The van der Waals surface area contributed by atoms with Crippen LogP contribution < -0.4 is 0 Å². The molecule has 0 radical (unpaired) electrons. The Balaban J connectivity index is 0.828. The number of carbonyl (C=O) groups excluding carboxylic acids is 14. The van der Waals surface area contributed by atoms with Crippen LogP contribution in [0.5, 0.6) is 0 Å². The Hall–Kier alpha value is -13.0. The maximum atomic E-state index is 15.5. The van der Waals surface area contributed by atoms with Crippen LogP contribution in [0.3, 0.4) is 0 Å². The first-order valence-corrected chi connectivity index (χ1v) is 42.8. The van der Waals surface area contributed by atoms with Gasteiger partial charge in [-0.15, -0.1) is 0 Å². The van der Waals surface area contributed by atoms with Gasteiger partial charge in [0.1, 0.15) is 84.8 Å². The van der Waals surface area contributed by atoms with E-state index in [0.717, 1.165) is 80.1 Å². The molecule has 34 nitrogen and oxygen atoms in total. The number of rotatable bonds is 31. The van der Waals surface area contributed by atoms with Crippen molar-refractivity contribution >= 4 is 94.8 Å². The van der Waals surface area contributed by atoms with Crippen molar-refractivity contribution in [3.05, 3.63) is 279 Å². The minimum absolute atomic E-state index is 0.00626. The lowest BCUT2D eigenvalue weighted by Crippen LogP contribution is -2.70. The van der Waals surface area contributed by atoms with Crippen molar-refractivity contribution in [2.45, 2.75) is 188 Å². The van der Waals surface area contributed by atoms with Gasteiger partial charge < -0.3 is 75.8 Å². The molecule has 8 aromatic carbocycles. The summed E-state index contributed by atoms with van der Waals surface area (Å²) in [5.74, 6) is -13.8. The van der Waals surface area contributed by atoms with Gasteiger partial charge in [-0.05, 0) is 89.5 Å². The number of benzene rings is 8. The van der Waals surface area contributed by atoms with Gasteiger partial charge in [-0.3, -0.25) is 86.7 Å². The maximum absolute atomic E-state index is 15.5. The second kappa shape index (κ2) is 39.8. The fourth-order valence-corrected chi connectivity index (χ4v) is 18.7. The molecule has 0 unspecified atom stereocenters. The molecule has 0 saturated carbocycles. The molecule has 131 heavy (non-hydrogen) atoms. The van der Waals surface area contributed by atoms with Gasteiger partial charge >= 0.3 is 35.8 Å². The highest BCUT2D eigenvalue weighted by Gasteiger charge is 2.64. The van der Waals surface area contributed by atoms with E-state index in [1.165, 1.54) is 97.1 Å². The zero-order chi connectivity index (χ0) is 92.2. The molecule has 0 N–H and O–H groups in total. The minimum atomic E-state index is -2.16. The number of fused-ring (bicyclic) bond motifs is 4. The van der Waals surface area contributed by atoms with Crippen molar-refractivity contribution in [3.8, 4) is 0 Å². The third-order valence-electron chi connectivity index (χ3n) is 23.1. The van der Waals surface area contributed by atoms with E-state index in [2.05, 4.69) is 0 Å². The molecule has 8 aliphatic rings. The highest BCUT2D eigenvalue weighted by atomic mass is 32.2. The predicted molar refractivity (Wildman–Crippen MR) is 447 cm³/mol. The van der Waals surface area contributed by atoms with Crippen molar-refractivity contribution in [1.29, 1.82) is 0 Å². The molecule has 8 aliphatic heterocycles. The number of amides is 8. The second-order valence-corrected chi connectivity index (χ2v) is 32.9. The van der Waals surface area contributed by atoms with Gasteiger partial charge in [0.15, 0.2) is 49.4 Å². The summed E-state index contributed by atoms with van der Waals surface area (Å²) in [7, 11) is 0. The van der Waals surface area contributed by atoms with E-state index in [0.29, 0.717) is 26.5 Å². The Kier molecular flexibility index (Phi) is 27.7. The van der Waals surface area contributed by atoms with Crippen molar-refractivity contribution < 1.29 is 147 Å². The van der Waals surface area contributed by atoms with E-state index < -0.39 is 237 Å². The van der Waals surface area contributed by atoms with E-state index in [1.54, 1.807) is 103 Å². The third-order valence-corrected chi connectivity index (χ3v) is 24.3. The van der Waals surface area contributed by atoms with Gasteiger partial charge in [-0.2, -0.15) is 0 Å². The first kappa shape index (κ1) is 91.3. The molecular formula is C95H87FN4O30S. The molecule has 8 amide bonds. The standard InChI is InChI=1S/C95H87FN4O30S/c1-49(101)115-45-71-79(122-50(2)102)82(125-53(5)105)74(99-88(111)64-34-20-21-35-65(64)89(99)112)94(129-71)120-47-69-77(117-43-56-26-12-8-13-27-56)80(123-51(3)103)72(97-84(107)60-30-16-17-31-61(60)85(97)108)92(127-69)119-46-68-76(116-42-55-24-10-7-11-25-55)81(124-52(4)104)73(98-86(109)62-32-18-19-33-63(62)87(98)110)93(128-68)121-48-70-78(118-44-57-28-14-9-15-29-57)83(126-54(6)106)75(95(130-70)131-59-40-38-58(96)39-41-59)100-90(113)66-36-22-23-37-67(66)91(100)114/h7-41,68-83,92-95H,42-48H2,1-6H3/t68-,69-,70-,71-,72-,73-,74-,75-,76-,77-,78-,79-,80-,81-,82-,83-,92-,93-,94-,95+/m1/s1. The SMILES string of the molecule is CC(=O)OC[C@H]1O[C@@H](OC[C@H]2O[C@@H](OC[C@H]3O[C@@H](OC[C@H]4O[C@@H](Sc5ccc(F)cc5)[C@H](N5C(=O)c6ccccc6C5=O)[C@@H](OC(C)=O)[C@@H]4OCc4ccccc4)[C@H](N4C(=O)c5ccccc5C4=O)[C@@H](OC(C)=O)[C@@H]3OCc3ccccc3)[C@H](N3C(=O)c4ccccc4C3=O)[C@@H](OC(C)=O)[C@@H]2OCc2ccccc2)[C@H](N2C(=O)c3ccccc3C2=O)[C@@H](OC(C)=O)[C@@H]1OC(C)=O. The van der Waals surface area contributed by atoms with E-state index in [1.807, 2.05) is 0 Å². The molecule has 8 heterocycles. The molecule has 4 saturated heterocycles. The van der Waals surface area contributed by atoms with Crippen LogP contribution in [0.15, 0.2) is 217 Å². The molecule has 680 valence electrons. The van der Waals surface area contributed by atoms with Gasteiger partial charge in [-0.25, -0.2) is 4.39 Å². The lowest BCUT2D eigenvalue weighted by Gasteiger charge is -2.50. The predicted octanol–water partition coefficient (Wildman–Crippen LogP) is 8.50. The molecule has 0 bridgehead atoms. The van der Waals surface area contributed by atoms with Crippen LogP contribution in [0.1, 0.15) is 141 Å². The molecule has 16 rings (SSSR count). The first-order chi connectivity index (χ1) is 63.2. The zero-order valence-corrected chi connectivity index (χ0v) is 71.8. The Morgan fingerprint density at radius 3 is 0.809 bits per heavy atom. The van der Waals surface area contributed by atoms with Crippen LogP contribution in [0, 0.1) is 5.82 Å². The van der Waals surface area contributed by atoms with Crippen LogP contribution in [0.4, 0.5) is 4.39 Å². The molecule has 0 aromatic heterocycles. The molecule has 0 aliphatic carbocycles. The fourth-order valence-electron chi connectivity index (χ4n) is 17.6. The number of hydrogen-bond donors (Lipinski definition) is 0. The van der Waals surface area contributed by atoms with E-state index >= 15 is 19.2 Å². The second-order valence-electron chi connectivity index (χ2n) is 31.8. The van der Waals surface area contributed by atoms with Gasteiger partial charge in [-0.1, -0.05) is 151 Å². The van der Waals surface area contributed by atoms with Crippen LogP contribution in [0.2, 0.25) is 0 Å². The minimum Gasteiger partial charge on any atom is -0.463 e. The molecule has 36 heteroatoms. The quantitative estimate of drug-likeness (QED) is 0.0223. The van der Waals surface area contributed by atoms with Gasteiger partial charge in [0.05, 0.1) is 84.1 Å². The first-order valence-electron chi connectivity index (χ1n) is 41.9.